The molecular formula is C11H17P. The first-order chi connectivity index (χ1) is 5.58. The van der Waals surface area contributed by atoms with Gasteiger partial charge in [-0.25, -0.2) is 0 Å². The van der Waals surface area contributed by atoms with Crippen molar-refractivity contribution in [1.82, 2.24) is 0 Å². The number of benzene rings is 1. The number of rotatable bonds is 2. The first kappa shape index (κ1) is 9.74. The molecule has 0 spiro atoms. The third kappa shape index (κ3) is 3.88. The van der Waals surface area contributed by atoms with E-state index in [1.165, 1.54) is 11.5 Å². The average Bonchev–Trinajstić information content (AvgIpc) is 2.02. The zero-order valence-electron chi connectivity index (χ0n) is 8.09. The van der Waals surface area contributed by atoms with Crippen molar-refractivity contribution in [2.75, 3.05) is 6.16 Å². The van der Waals surface area contributed by atoms with Crippen LogP contribution in [0.25, 0.3) is 0 Å². The highest BCUT2D eigenvalue weighted by Gasteiger charge is 2.09. The second kappa shape index (κ2) is 4.05. The average molecular weight is 180 g/mol. The zero-order valence-corrected chi connectivity index (χ0v) is 9.09. The molecule has 0 amide bonds. The molecule has 1 heteroatoms. The molecule has 1 aromatic carbocycles. The van der Waals surface area contributed by atoms with Crippen LogP contribution in [0.15, 0.2) is 30.3 Å². The molecule has 0 saturated carbocycles. The summed E-state index contributed by atoms with van der Waals surface area (Å²) in [7, 11) is 0.956. The Morgan fingerprint density at radius 3 is 2.17 bits per heavy atom. The summed E-state index contributed by atoms with van der Waals surface area (Å²) in [5.74, 6) is 0. The van der Waals surface area contributed by atoms with E-state index in [0.29, 0.717) is 5.41 Å². The third-order valence-corrected chi connectivity index (χ3v) is 3.58. The van der Waals surface area contributed by atoms with Gasteiger partial charge in [-0.3, -0.25) is 0 Å². The van der Waals surface area contributed by atoms with Gasteiger partial charge in [0.15, 0.2) is 0 Å². The zero-order chi connectivity index (χ0) is 9.03. The Labute approximate surface area is 77.2 Å². The van der Waals surface area contributed by atoms with Gasteiger partial charge in [0, 0.05) is 0 Å². The Kier molecular flexibility index (Phi) is 3.29. The van der Waals surface area contributed by atoms with Crippen molar-refractivity contribution < 1.29 is 0 Å². The summed E-state index contributed by atoms with van der Waals surface area (Å²) in [6.07, 6.45) is 1.29. The van der Waals surface area contributed by atoms with Crippen LogP contribution in [0.3, 0.4) is 0 Å². The van der Waals surface area contributed by atoms with Crippen LogP contribution >= 0.6 is 8.58 Å². The van der Waals surface area contributed by atoms with E-state index < -0.39 is 0 Å². The maximum Gasteiger partial charge on any atom is -0.0264 e. The highest BCUT2D eigenvalue weighted by atomic mass is 31.1. The van der Waals surface area contributed by atoms with Crippen molar-refractivity contribution in [2.24, 2.45) is 5.41 Å². The first-order valence-corrected chi connectivity index (χ1v) is 5.57. The molecule has 1 rings (SSSR count). The molecule has 0 heterocycles. The van der Waals surface area contributed by atoms with Gasteiger partial charge in [0.25, 0.3) is 0 Å². The molecule has 0 nitrogen and oxygen atoms in total. The monoisotopic (exact) mass is 180 g/mol. The SMILES string of the molecule is CC(C)(C)CPc1ccccc1. The maximum absolute atomic E-state index is 2.29. The lowest BCUT2D eigenvalue weighted by atomic mass is 10.0. The predicted octanol–water partition coefficient (Wildman–Crippen LogP) is 3.04. The minimum atomic E-state index is 0.467. The van der Waals surface area contributed by atoms with Crippen molar-refractivity contribution in [2.45, 2.75) is 20.8 Å². The third-order valence-electron chi connectivity index (χ3n) is 1.60. The van der Waals surface area contributed by atoms with Crippen LogP contribution in [0.2, 0.25) is 0 Å². The molecular weight excluding hydrogens is 163 g/mol. The highest BCUT2D eigenvalue weighted by molar-refractivity contribution is 7.47. The Bertz CT molecular complexity index is 221. The van der Waals surface area contributed by atoms with Gasteiger partial charge in [0.1, 0.15) is 0 Å². The van der Waals surface area contributed by atoms with Gasteiger partial charge < -0.3 is 0 Å². The molecule has 0 saturated heterocycles. The van der Waals surface area contributed by atoms with E-state index >= 15 is 0 Å². The van der Waals surface area contributed by atoms with Crippen LogP contribution in [-0.4, -0.2) is 6.16 Å². The fraction of sp³-hybridized carbons (Fsp3) is 0.455. The van der Waals surface area contributed by atoms with Gasteiger partial charge in [-0.1, -0.05) is 59.7 Å². The summed E-state index contributed by atoms with van der Waals surface area (Å²) in [5, 5.41) is 1.48. The van der Waals surface area contributed by atoms with E-state index in [1.807, 2.05) is 0 Å². The Balaban J connectivity index is 2.44. The van der Waals surface area contributed by atoms with Gasteiger partial charge >= 0.3 is 0 Å². The molecule has 0 aliphatic rings. The molecule has 0 aromatic heterocycles. The lowest BCUT2D eigenvalue weighted by molar-refractivity contribution is 0.479. The molecule has 0 N–H and O–H groups in total. The largest absolute Gasteiger partial charge is 0.0899 e. The van der Waals surface area contributed by atoms with Crippen LogP contribution in [0.5, 0.6) is 0 Å². The smallest absolute Gasteiger partial charge is 0.0264 e. The van der Waals surface area contributed by atoms with E-state index in [2.05, 4.69) is 51.1 Å². The molecule has 1 unspecified atom stereocenters. The van der Waals surface area contributed by atoms with Crippen LogP contribution < -0.4 is 5.30 Å². The minimum absolute atomic E-state index is 0.467. The topological polar surface area (TPSA) is 0 Å². The summed E-state index contributed by atoms with van der Waals surface area (Å²) in [6, 6.07) is 10.7. The lowest BCUT2D eigenvalue weighted by Gasteiger charge is -2.17. The van der Waals surface area contributed by atoms with Crippen molar-refractivity contribution in [3.63, 3.8) is 0 Å². The van der Waals surface area contributed by atoms with Crippen LogP contribution in [0.1, 0.15) is 20.8 Å². The van der Waals surface area contributed by atoms with Crippen LogP contribution in [0, 0.1) is 5.41 Å². The molecule has 0 fully saturated rings. The molecule has 1 atom stereocenters. The lowest BCUT2D eigenvalue weighted by Crippen LogP contribution is -2.09. The van der Waals surface area contributed by atoms with Crippen LogP contribution in [-0.2, 0) is 0 Å². The second-order valence-corrected chi connectivity index (χ2v) is 5.56. The molecule has 0 aliphatic heterocycles. The normalized spacial score (nSPS) is 12.6. The molecule has 12 heavy (non-hydrogen) atoms. The highest BCUT2D eigenvalue weighted by Crippen LogP contribution is 2.24. The summed E-state index contributed by atoms with van der Waals surface area (Å²) in [4.78, 5) is 0. The van der Waals surface area contributed by atoms with E-state index in [4.69, 9.17) is 0 Å². The van der Waals surface area contributed by atoms with E-state index in [1.54, 1.807) is 0 Å². The molecule has 1 aromatic rings. The summed E-state index contributed by atoms with van der Waals surface area (Å²) >= 11 is 0. The standard InChI is InChI=1S/C11H17P/c1-11(2,3)9-12-10-7-5-4-6-8-10/h4-8,12H,9H2,1-3H3. The quantitative estimate of drug-likeness (QED) is 0.614. The molecule has 0 aliphatic carbocycles. The van der Waals surface area contributed by atoms with Gasteiger partial charge in [0.2, 0.25) is 0 Å². The van der Waals surface area contributed by atoms with Crippen LogP contribution in [0.4, 0.5) is 0 Å². The number of hydrogen-bond acceptors (Lipinski definition) is 0. The summed E-state index contributed by atoms with van der Waals surface area (Å²) in [5.41, 5.74) is 0.467. The Morgan fingerprint density at radius 1 is 1.08 bits per heavy atom. The fourth-order valence-corrected chi connectivity index (χ4v) is 2.09. The Hall–Kier alpha value is -0.350. The predicted molar refractivity (Wildman–Crippen MR) is 58.7 cm³/mol. The van der Waals surface area contributed by atoms with E-state index in [9.17, 15) is 0 Å². The number of hydrogen-bond donors (Lipinski definition) is 0. The second-order valence-electron chi connectivity index (χ2n) is 4.28. The fourth-order valence-electron chi connectivity index (χ4n) is 0.923. The van der Waals surface area contributed by atoms with E-state index in [0.717, 1.165) is 8.58 Å². The van der Waals surface area contributed by atoms with Crippen molar-refractivity contribution in [1.29, 1.82) is 0 Å². The minimum Gasteiger partial charge on any atom is -0.0899 e. The molecule has 66 valence electrons. The van der Waals surface area contributed by atoms with Gasteiger partial charge in [0.05, 0.1) is 0 Å². The van der Waals surface area contributed by atoms with Crippen molar-refractivity contribution >= 4 is 13.9 Å². The molecule has 0 radical (unpaired) electrons. The maximum atomic E-state index is 2.29. The molecule has 0 bridgehead atoms. The Morgan fingerprint density at radius 2 is 1.67 bits per heavy atom. The summed E-state index contributed by atoms with van der Waals surface area (Å²) < 4.78 is 0. The van der Waals surface area contributed by atoms with E-state index in [-0.39, 0.29) is 0 Å². The van der Waals surface area contributed by atoms with Crippen molar-refractivity contribution in [3.8, 4) is 0 Å². The van der Waals surface area contributed by atoms with Gasteiger partial charge in [-0.15, -0.1) is 0 Å². The first-order valence-electron chi connectivity index (χ1n) is 4.37. The van der Waals surface area contributed by atoms with Gasteiger partial charge in [-0.2, -0.15) is 0 Å². The van der Waals surface area contributed by atoms with Crippen molar-refractivity contribution in [3.05, 3.63) is 30.3 Å². The van der Waals surface area contributed by atoms with Gasteiger partial charge in [-0.05, 0) is 16.9 Å². The summed E-state index contributed by atoms with van der Waals surface area (Å²) in [6.45, 7) is 6.88.